The first kappa shape index (κ1) is 26.8. The molecular formula is C28H22BrCl3N2O5. The lowest BCUT2D eigenvalue weighted by atomic mass is 9.56. The number of para-hydroxylation sites is 1. The average molecular weight is 653 g/mol. The maximum absolute atomic E-state index is 13.9. The van der Waals surface area contributed by atoms with Gasteiger partial charge in [0.15, 0.2) is 9.75 Å². The molecule has 0 radical (unpaired) electrons. The molecule has 6 atom stereocenters. The number of rotatable bonds is 3. The number of halogens is 4. The number of carbonyl (C=O) groups is 4. The number of phenolic OH excluding ortho intramolecular Hbond substituents is 1. The topological polar surface area (TPSA) is 95.0 Å². The Bertz CT molecular complexity index is 1500. The average Bonchev–Trinajstić information content (AvgIpc) is 3.24. The fourth-order valence-electron chi connectivity index (χ4n) is 6.86. The monoisotopic (exact) mass is 650 g/mol. The standard InChI is InChI=1S/C28H22BrCl3N2O5/c1-13-3-2-4-18(22(13)35)21-16-9-10-17-20(24(37)34(23(17)36)15-7-5-14(30)6-8-15)19(16)11-27(31)25(38)33(12-29)26(39)28(21,27)32/h2-9,17,19-21,35H,10-12H2,1H3. The first-order valence-electron chi connectivity index (χ1n) is 12.4. The predicted octanol–water partition coefficient (Wildman–Crippen LogP) is 5.27. The van der Waals surface area contributed by atoms with Crippen molar-refractivity contribution in [3.8, 4) is 5.75 Å². The van der Waals surface area contributed by atoms with Gasteiger partial charge in [-0.1, -0.05) is 57.4 Å². The Morgan fingerprint density at radius 3 is 2.36 bits per heavy atom. The van der Waals surface area contributed by atoms with Crippen molar-refractivity contribution in [3.63, 3.8) is 0 Å². The largest absolute Gasteiger partial charge is 0.507 e. The molecular weight excluding hydrogens is 631 g/mol. The highest BCUT2D eigenvalue weighted by Crippen LogP contribution is 2.66. The van der Waals surface area contributed by atoms with E-state index in [4.69, 9.17) is 34.8 Å². The van der Waals surface area contributed by atoms with Crippen molar-refractivity contribution < 1.29 is 24.3 Å². The number of alkyl halides is 3. The Hall–Kier alpha value is -2.39. The van der Waals surface area contributed by atoms with Gasteiger partial charge in [0.25, 0.3) is 11.8 Å². The highest BCUT2D eigenvalue weighted by atomic mass is 79.9. The van der Waals surface area contributed by atoms with Crippen LogP contribution in [-0.4, -0.2) is 48.8 Å². The number of benzene rings is 2. The Balaban J connectivity index is 1.53. The van der Waals surface area contributed by atoms with E-state index in [1.165, 1.54) is 0 Å². The molecule has 7 nitrogen and oxygen atoms in total. The summed E-state index contributed by atoms with van der Waals surface area (Å²) in [6.07, 6.45) is 1.96. The highest BCUT2D eigenvalue weighted by Gasteiger charge is 2.76. The molecule has 2 saturated heterocycles. The number of aryl methyl sites for hydroxylation is 1. The number of nitrogens with zero attached hydrogens (tertiary/aromatic N) is 2. The Kier molecular flexibility index (Phi) is 6.23. The first-order valence-corrected chi connectivity index (χ1v) is 14.6. The van der Waals surface area contributed by atoms with Gasteiger partial charge in [-0.3, -0.25) is 29.0 Å². The van der Waals surface area contributed by atoms with Gasteiger partial charge in [-0.15, -0.1) is 23.2 Å². The minimum atomic E-state index is -1.96. The second kappa shape index (κ2) is 9.06. The van der Waals surface area contributed by atoms with Gasteiger partial charge in [-0.05, 0) is 55.5 Å². The van der Waals surface area contributed by atoms with E-state index in [0.717, 1.165) is 9.80 Å². The fourth-order valence-corrected chi connectivity index (χ4v) is 8.40. The molecule has 0 spiro atoms. The van der Waals surface area contributed by atoms with Crippen LogP contribution in [-0.2, 0) is 19.2 Å². The van der Waals surface area contributed by atoms with Crippen LogP contribution in [0.1, 0.15) is 29.9 Å². The molecule has 4 aliphatic rings. The maximum atomic E-state index is 13.9. The number of likely N-dealkylation sites (tertiary alicyclic amines) is 1. The smallest absolute Gasteiger partial charge is 0.254 e. The number of fused-ring (bicyclic) bond motifs is 4. The Labute approximate surface area is 247 Å². The first-order chi connectivity index (χ1) is 18.5. The van der Waals surface area contributed by atoms with Crippen molar-refractivity contribution in [1.82, 2.24) is 4.90 Å². The number of phenols is 1. The third-order valence-corrected chi connectivity index (χ3v) is 10.8. The van der Waals surface area contributed by atoms with Crippen LogP contribution in [0.3, 0.4) is 0 Å². The molecule has 11 heteroatoms. The summed E-state index contributed by atoms with van der Waals surface area (Å²) >= 11 is 23.6. The van der Waals surface area contributed by atoms with Gasteiger partial charge in [0.2, 0.25) is 11.8 Å². The van der Waals surface area contributed by atoms with Crippen LogP contribution in [0.4, 0.5) is 5.69 Å². The quantitative estimate of drug-likeness (QED) is 0.211. The molecule has 1 N–H and O–H groups in total. The molecule has 2 aromatic rings. The minimum absolute atomic E-state index is 0.0700. The van der Waals surface area contributed by atoms with E-state index in [9.17, 15) is 24.3 Å². The van der Waals surface area contributed by atoms with Crippen molar-refractivity contribution >= 4 is 80.0 Å². The number of carbonyl (C=O) groups excluding carboxylic acids is 4. The zero-order valence-electron chi connectivity index (χ0n) is 20.5. The molecule has 6 unspecified atom stereocenters. The van der Waals surface area contributed by atoms with Crippen LogP contribution in [0.15, 0.2) is 54.1 Å². The summed E-state index contributed by atoms with van der Waals surface area (Å²) < 4.78 is 0. The molecule has 6 rings (SSSR count). The third-order valence-electron chi connectivity index (χ3n) is 8.68. The lowest BCUT2D eigenvalue weighted by Gasteiger charge is -2.50. The van der Waals surface area contributed by atoms with Gasteiger partial charge in [-0.25, -0.2) is 0 Å². The number of amides is 4. The fraction of sp³-hybridized carbons (Fsp3) is 0.357. The number of imide groups is 2. The van der Waals surface area contributed by atoms with E-state index in [1.54, 1.807) is 49.4 Å². The molecule has 2 aliphatic carbocycles. The summed E-state index contributed by atoms with van der Waals surface area (Å²) in [4.78, 5) is 53.2. The van der Waals surface area contributed by atoms with Crippen LogP contribution in [0.2, 0.25) is 5.02 Å². The predicted molar refractivity (Wildman–Crippen MR) is 150 cm³/mol. The van der Waals surface area contributed by atoms with E-state index in [2.05, 4.69) is 15.9 Å². The molecule has 2 heterocycles. The molecule has 202 valence electrons. The summed E-state index contributed by atoms with van der Waals surface area (Å²) in [5, 5.41) is 11.6. The van der Waals surface area contributed by atoms with Crippen molar-refractivity contribution in [2.75, 3.05) is 10.4 Å². The lowest BCUT2D eigenvalue weighted by molar-refractivity contribution is -0.138. The SMILES string of the molecule is Cc1cccc(C2C3=CCC4C(=O)N(c5ccc(Cl)cc5)C(=O)C4C3CC3(Cl)C(=O)N(CBr)C(=O)C23Cl)c1O. The van der Waals surface area contributed by atoms with Crippen molar-refractivity contribution in [1.29, 1.82) is 0 Å². The van der Waals surface area contributed by atoms with Gasteiger partial charge in [0.05, 0.1) is 23.0 Å². The number of anilines is 1. The molecule has 0 bridgehead atoms. The number of hydrogen-bond donors (Lipinski definition) is 1. The second-order valence-corrected chi connectivity index (χ2v) is 12.7. The normalized spacial score (nSPS) is 33.7. The molecule has 2 aromatic carbocycles. The van der Waals surface area contributed by atoms with Gasteiger partial charge >= 0.3 is 0 Å². The van der Waals surface area contributed by atoms with Crippen LogP contribution in [0.25, 0.3) is 0 Å². The van der Waals surface area contributed by atoms with Crippen molar-refractivity contribution in [2.24, 2.45) is 17.8 Å². The number of aromatic hydroxyl groups is 1. The zero-order chi connectivity index (χ0) is 28.0. The third kappa shape index (κ3) is 3.41. The molecule has 2 aliphatic heterocycles. The second-order valence-electron chi connectivity index (χ2n) is 10.5. The van der Waals surface area contributed by atoms with E-state index in [0.29, 0.717) is 27.4 Å². The summed E-state index contributed by atoms with van der Waals surface area (Å²) in [5.74, 6) is -5.35. The highest BCUT2D eigenvalue weighted by molar-refractivity contribution is 9.09. The van der Waals surface area contributed by atoms with Gasteiger partial charge in [0.1, 0.15) is 5.75 Å². The van der Waals surface area contributed by atoms with Crippen LogP contribution in [0.5, 0.6) is 5.75 Å². The van der Waals surface area contributed by atoms with E-state index in [1.807, 2.05) is 6.08 Å². The van der Waals surface area contributed by atoms with E-state index in [-0.39, 0.29) is 30.0 Å². The van der Waals surface area contributed by atoms with Crippen LogP contribution >= 0.6 is 50.7 Å². The summed E-state index contributed by atoms with van der Waals surface area (Å²) in [6, 6.07) is 11.5. The van der Waals surface area contributed by atoms with Crippen molar-refractivity contribution in [2.45, 2.75) is 35.4 Å². The molecule has 4 amide bonds. The molecule has 0 aromatic heterocycles. The maximum Gasteiger partial charge on any atom is 0.254 e. The van der Waals surface area contributed by atoms with Crippen molar-refractivity contribution in [3.05, 3.63) is 70.3 Å². The Morgan fingerprint density at radius 2 is 1.69 bits per heavy atom. The minimum Gasteiger partial charge on any atom is -0.507 e. The Morgan fingerprint density at radius 1 is 1.00 bits per heavy atom. The van der Waals surface area contributed by atoms with Gasteiger partial charge < -0.3 is 5.11 Å². The number of hydrogen-bond acceptors (Lipinski definition) is 5. The molecule has 39 heavy (non-hydrogen) atoms. The summed E-state index contributed by atoms with van der Waals surface area (Å²) in [7, 11) is 0. The van der Waals surface area contributed by atoms with Gasteiger partial charge in [0, 0.05) is 16.5 Å². The van der Waals surface area contributed by atoms with Crippen LogP contribution < -0.4 is 4.90 Å². The van der Waals surface area contributed by atoms with Crippen LogP contribution in [0, 0.1) is 24.7 Å². The van der Waals surface area contributed by atoms with E-state index < -0.39 is 51.1 Å². The molecule has 3 fully saturated rings. The molecule has 1 saturated carbocycles. The lowest BCUT2D eigenvalue weighted by Crippen LogP contribution is -2.60. The van der Waals surface area contributed by atoms with Gasteiger partial charge in [-0.2, -0.15) is 0 Å². The number of allylic oxidation sites excluding steroid dienone is 2. The summed E-state index contributed by atoms with van der Waals surface area (Å²) in [6.45, 7) is 1.72. The summed E-state index contributed by atoms with van der Waals surface area (Å²) in [5.41, 5.74) is 1.81. The van der Waals surface area contributed by atoms with E-state index >= 15 is 0 Å². The zero-order valence-corrected chi connectivity index (χ0v) is 24.4.